The lowest BCUT2D eigenvalue weighted by atomic mass is 10.1. The predicted molar refractivity (Wildman–Crippen MR) is 113 cm³/mol. The lowest BCUT2D eigenvalue weighted by molar-refractivity contribution is -0.115. The Morgan fingerprint density at radius 3 is 2.66 bits per heavy atom. The van der Waals surface area contributed by atoms with Gasteiger partial charge < -0.3 is 15.4 Å². The molecule has 0 bridgehead atoms. The maximum Gasteiger partial charge on any atom is 0.408 e. The number of ether oxygens (including phenoxy) is 1. The van der Waals surface area contributed by atoms with Crippen LogP contribution in [0.25, 0.3) is 22.4 Å². The summed E-state index contributed by atoms with van der Waals surface area (Å²) in [5, 5.41) is 11.6. The van der Waals surface area contributed by atoms with Crippen molar-refractivity contribution in [3.8, 4) is 22.4 Å². The van der Waals surface area contributed by atoms with Crippen molar-refractivity contribution in [1.29, 1.82) is 0 Å². The molecule has 0 fully saturated rings. The standard InChI is InChI=1S/C20H23N5O3S/c1-20(2,3)28-19(27)21-10-17(26)24-18-23-16(12-29-18)14-7-5-6-13(8-14)15-9-22-25(4)11-15/h5-9,11-12H,10H2,1-4H3,(H,21,27)(H,23,24,26). The second-order valence-corrected chi connectivity index (χ2v) is 8.28. The largest absolute Gasteiger partial charge is 0.444 e. The minimum Gasteiger partial charge on any atom is -0.444 e. The van der Waals surface area contributed by atoms with Crippen LogP contribution in [-0.4, -0.2) is 38.9 Å². The average molecular weight is 414 g/mol. The molecule has 0 aliphatic heterocycles. The highest BCUT2D eigenvalue weighted by molar-refractivity contribution is 7.14. The quantitative estimate of drug-likeness (QED) is 0.665. The Labute approximate surface area is 172 Å². The fourth-order valence-corrected chi connectivity index (χ4v) is 3.26. The Kier molecular flexibility index (Phi) is 5.97. The van der Waals surface area contributed by atoms with Gasteiger partial charge in [-0.25, -0.2) is 9.78 Å². The van der Waals surface area contributed by atoms with E-state index in [1.54, 1.807) is 25.5 Å². The van der Waals surface area contributed by atoms with Gasteiger partial charge in [0.25, 0.3) is 0 Å². The molecule has 0 saturated heterocycles. The molecule has 2 N–H and O–H groups in total. The number of carbonyl (C=O) groups excluding carboxylic acids is 2. The first-order valence-corrected chi connectivity index (χ1v) is 9.89. The summed E-state index contributed by atoms with van der Waals surface area (Å²) in [5.41, 5.74) is 3.14. The van der Waals surface area contributed by atoms with E-state index in [0.717, 1.165) is 22.4 Å². The molecule has 0 atom stereocenters. The molecule has 3 rings (SSSR count). The number of rotatable bonds is 5. The Morgan fingerprint density at radius 1 is 1.21 bits per heavy atom. The van der Waals surface area contributed by atoms with Gasteiger partial charge in [-0.1, -0.05) is 18.2 Å². The van der Waals surface area contributed by atoms with Crippen molar-refractivity contribution in [3.63, 3.8) is 0 Å². The monoisotopic (exact) mass is 413 g/mol. The topological polar surface area (TPSA) is 98.1 Å². The van der Waals surface area contributed by atoms with Crippen molar-refractivity contribution in [2.75, 3.05) is 11.9 Å². The number of nitrogens with one attached hydrogen (secondary N) is 2. The number of hydrogen-bond acceptors (Lipinski definition) is 6. The molecule has 1 aromatic carbocycles. The van der Waals surface area contributed by atoms with Gasteiger partial charge in [0.05, 0.1) is 11.9 Å². The van der Waals surface area contributed by atoms with Crippen molar-refractivity contribution in [2.24, 2.45) is 7.05 Å². The molecular weight excluding hydrogens is 390 g/mol. The molecule has 2 heterocycles. The summed E-state index contributed by atoms with van der Waals surface area (Å²) < 4.78 is 6.85. The molecule has 0 aliphatic rings. The van der Waals surface area contributed by atoms with Gasteiger partial charge in [-0.3, -0.25) is 9.48 Å². The third-order valence-corrected chi connectivity index (χ3v) is 4.50. The Balaban J connectivity index is 1.61. The number of benzene rings is 1. The lowest BCUT2D eigenvalue weighted by Crippen LogP contribution is -2.37. The molecule has 0 aliphatic carbocycles. The van der Waals surface area contributed by atoms with E-state index in [0.29, 0.717) is 5.13 Å². The number of carbonyl (C=O) groups is 2. The zero-order valence-corrected chi connectivity index (χ0v) is 17.5. The first-order chi connectivity index (χ1) is 13.7. The van der Waals surface area contributed by atoms with Crippen LogP contribution in [0.5, 0.6) is 0 Å². The van der Waals surface area contributed by atoms with Crippen LogP contribution >= 0.6 is 11.3 Å². The highest BCUT2D eigenvalue weighted by Gasteiger charge is 2.17. The zero-order valence-electron chi connectivity index (χ0n) is 16.7. The van der Waals surface area contributed by atoms with E-state index in [-0.39, 0.29) is 12.5 Å². The van der Waals surface area contributed by atoms with Crippen LogP contribution in [0.2, 0.25) is 0 Å². The van der Waals surface area contributed by atoms with E-state index in [1.807, 2.05) is 49.1 Å². The van der Waals surface area contributed by atoms with Crippen LogP contribution < -0.4 is 10.6 Å². The molecule has 29 heavy (non-hydrogen) atoms. The van der Waals surface area contributed by atoms with E-state index in [2.05, 4.69) is 20.7 Å². The van der Waals surface area contributed by atoms with Gasteiger partial charge in [0.2, 0.25) is 5.91 Å². The Morgan fingerprint density at radius 2 is 1.97 bits per heavy atom. The van der Waals surface area contributed by atoms with Gasteiger partial charge in [0.1, 0.15) is 12.1 Å². The maximum atomic E-state index is 12.0. The number of amides is 2. The van der Waals surface area contributed by atoms with E-state index in [4.69, 9.17) is 4.74 Å². The summed E-state index contributed by atoms with van der Waals surface area (Å²) in [5.74, 6) is -0.374. The van der Waals surface area contributed by atoms with Crippen molar-refractivity contribution in [3.05, 3.63) is 42.0 Å². The lowest BCUT2D eigenvalue weighted by Gasteiger charge is -2.19. The molecule has 2 amide bonds. The summed E-state index contributed by atoms with van der Waals surface area (Å²) in [4.78, 5) is 28.1. The van der Waals surface area contributed by atoms with Crippen LogP contribution in [-0.2, 0) is 16.6 Å². The normalized spacial score (nSPS) is 11.2. The number of alkyl carbamates (subject to hydrolysis) is 1. The number of nitrogens with zero attached hydrogens (tertiary/aromatic N) is 3. The molecule has 3 aromatic rings. The molecule has 9 heteroatoms. The third kappa shape index (κ3) is 5.89. The summed E-state index contributed by atoms with van der Waals surface area (Å²) in [6.07, 6.45) is 3.12. The minimum atomic E-state index is -0.639. The van der Waals surface area contributed by atoms with E-state index < -0.39 is 11.7 Å². The summed E-state index contributed by atoms with van der Waals surface area (Å²) >= 11 is 1.32. The molecular formula is C20H23N5O3S. The average Bonchev–Trinajstić information content (AvgIpc) is 3.28. The van der Waals surface area contributed by atoms with Gasteiger partial charge in [0, 0.05) is 29.8 Å². The van der Waals surface area contributed by atoms with Gasteiger partial charge in [-0.2, -0.15) is 5.10 Å². The number of anilines is 1. The highest BCUT2D eigenvalue weighted by Crippen LogP contribution is 2.28. The van der Waals surface area contributed by atoms with Gasteiger partial charge in [-0.05, 0) is 32.4 Å². The van der Waals surface area contributed by atoms with Crippen LogP contribution in [0.1, 0.15) is 20.8 Å². The number of aromatic nitrogens is 3. The molecule has 8 nitrogen and oxygen atoms in total. The highest BCUT2D eigenvalue weighted by atomic mass is 32.1. The first-order valence-electron chi connectivity index (χ1n) is 9.01. The van der Waals surface area contributed by atoms with Crippen molar-refractivity contribution in [1.82, 2.24) is 20.1 Å². The van der Waals surface area contributed by atoms with Crippen molar-refractivity contribution < 1.29 is 14.3 Å². The smallest absolute Gasteiger partial charge is 0.408 e. The molecule has 0 spiro atoms. The van der Waals surface area contributed by atoms with Crippen LogP contribution in [0, 0.1) is 0 Å². The Bertz CT molecular complexity index is 1020. The maximum absolute atomic E-state index is 12.0. The molecule has 2 aromatic heterocycles. The number of hydrogen-bond donors (Lipinski definition) is 2. The summed E-state index contributed by atoms with van der Waals surface area (Å²) in [7, 11) is 1.88. The zero-order chi connectivity index (χ0) is 21.0. The third-order valence-electron chi connectivity index (χ3n) is 3.74. The van der Waals surface area contributed by atoms with Crippen LogP contribution in [0.15, 0.2) is 42.0 Å². The van der Waals surface area contributed by atoms with E-state index in [1.165, 1.54) is 11.3 Å². The van der Waals surface area contributed by atoms with Crippen LogP contribution in [0.3, 0.4) is 0 Å². The van der Waals surface area contributed by atoms with Gasteiger partial charge in [-0.15, -0.1) is 11.3 Å². The Hall–Kier alpha value is -3.20. The van der Waals surface area contributed by atoms with Crippen LogP contribution in [0.4, 0.5) is 9.93 Å². The second-order valence-electron chi connectivity index (χ2n) is 7.43. The van der Waals surface area contributed by atoms with Gasteiger partial charge >= 0.3 is 6.09 Å². The molecule has 0 unspecified atom stereocenters. The van der Waals surface area contributed by atoms with Gasteiger partial charge in [0.15, 0.2) is 5.13 Å². The number of thiazole rings is 1. The van der Waals surface area contributed by atoms with Crippen molar-refractivity contribution in [2.45, 2.75) is 26.4 Å². The van der Waals surface area contributed by atoms with E-state index in [9.17, 15) is 9.59 Å². The second kappa shape index (κ2) is 8.44. The fourth-order valence-electron chi connectivity index (χ4n) is 2.52. The first kappa shape index (κ1) is 20.5. The molecule has 0 radical (unpaired) electrons. The summed E-state index contributed by atoms with van der Waals surface area (Å²) in [6, 6.07) is 7.96. The van der Waals surface area contributed by atoms with E-state index >= 15 is 0 Å². The van der Waals surface area contributed by atoms with Crippen molar-refractivity contribution >= 4 is 28.5 Å². The summed E-state index contributed by atoms with van der Waals surface area (Å²) in [6.45, 7) is 5.08. The fraction of sp³-hybridized carbons (Fsp3) is 0.300. The predicted octanol–water partition coefficient (Wildman–Crippen LogP) is 3.67. The number of aryl methyl sites for hydroxylation is 1. The molecule has 152 valence electrons. The SMILES string of the molecule is Cn1cc(-c2cccc(-c3csc(NC(=O)CNC(=O)OC(C)(C)C)n3)c2)cn1. The minimum absolute atomic E-state index is 0.194. The molecule has 0 saturated carbocycles.